The molecule has 7 heteroatoms. The fourth-order valence-electron chi connectivity index (χ4n) is 2.87. The Morgan fingerprint density at radius 2 is 1.85 bits per heavy atom. The summed E-state index contributed by atoms with van der Waals surface area (Å²) in [5.74, 6) is -0.283. The lowest BCUT2D eigenvalue weighted by molar-refractivity contribution is -0.120. The molecule has 136 valence electrons. The van der Waals surface area contributed by atoms with E-state index in [4.69, 9.17) is 0 Å². The largest absolute Gasteiger partial charge is 0.324 e. The summed E-state index contributed by atoms with van der Waals surface area (Å²) in [5, 5.41) is 4.06. The second kappa shape index (κ2) is 8.25. The van der Waals surface area contributed by atoms with Crippen LogP contribution in [0.5, 0.6) is 0 Å². The van der Waals surface area contributed by atoms with Gasteiger partial charge in [-0.05, 0) is 36.6 Å². The van der Waals surface area contributed by atoms with E-state index in [1.54, 1.807) is 30.6 Å². The number of nitrogens with zero attached hydrogens (tertiary/aromatic N) is 2. The first kappa shape index (κ1) is 18.3. The van der Waals surface area contributed by atoms with Crippen LogP contribution in [-0.2, 0) is 14.8 Å². The molecule has 1 fully saturated rings. The highest BCUT2D eigenvalue weighted by Crippen LogP contribution is 2.22. The SMILES string of the molecule is O=C(Nc1cccnc1)C1CCN(S(=O)(=O)/C=C/c2ccccc2)CC1. The van der Waals surface area contributed by atoms with Crippen molar-refractivity contribution in [3.05, 3.63) is 65.8 Å². The number of sulfonamides is 1. The molecule has 0 aliphatic carbocycles. The van der Waals surface area contributed by atoms with Crippen molar-refractivity contribution < 1.29 is 13.2 Å². The summed E-state index contributed by atoms with van der Waals surface area (Å²) in [6, 6.07) is 12.8. The summed E-state index contributed by atoms with van der Waals surface area (Å²) in [6.45, 7) is 0.680. The van der Waals surface area contributed by atoms with Crippen LogP contribution in [-0.4, -0.2) is 36.7 Å². The molecule has 1 aromatic carbocycles. The Hall–Kier alpha value is -2.51. The van der Waals surface area contributed by atoms with Crippen LogP contribution < -0.4 is 5.32 Å². The van der Waals surface area contributed by atoms with Crippen LogP contribution in [0.3, 0.4) is 0 Å². The van der Waals surface area contributed by atoms with E-state index in [-0.39, 0.29) is 11.8 Å². The first-order valence-corrected chi connectivity index (χ1v) is 9.99. The van der Waals surface area contributed by atoms with Gasteiger partial charge in [-0.25, -0.2) is 8.42 Å². The van der Waals surface area contributed by atoms with Gasteiger partial charge in [0.15, 0.2) is 0 Å². The number of benzene rings is 1. The molecule has 2 aromatic rings. The van der Waals surface area contributed by atoms with Crippen molar-refractivity contribution in [1.29, 1.82) is 0 Å². The number of rotatable bonds is 5. The molecule has 0 bridgehead atoms. The van der Waals surface area contributed by atoms with Crippen LogP contribution in [0, 0.1) is 5.92 Å². The number of nitrogens with one attached hydrogen (secondary N) is 1. The first-order chi connectivity index (χ1) is 12.5. The van der Waals surface area contributed by atoms with E-state index in [1.807, 2.05) is 30.3 Å². The van der Waals surface area contributed by atoms with Gasteiger partial charge in [-0.15, -0.1) is 0 Å². The molecule has 1 amide bonds. The van der Waals surface area contributed by atoms with Crippen molar-refractivity contribution >= 4 is 27.7 Å². The predicted molar refractivity (Wildman–Crippen MR) is 102 cm³/mol. The number of hydrogen-bond acceptors (Lipinski definition) is 4. The van der Waals surface area contributed by atoms with Gasteiger partial charge in [-0.1, -0.05) is 30.3 Å². The third-order valence-electron chi connectivity index (χ3n) is 4.35. The standard InChI is InChI=1S/C19H21N3O3S/c23-19(21-18-7-4-11-20-15-18)17-8-12-22(13-9-17)26(24,25)14-10-16-5-2-1-3-6-16/h1-7,10-11,14-15,17H,8-9,12-13H2,(H,21,23)/b14-10+. The zero-order chi connectivity index (χ0) is 18.4. The van der Waals surface area contributed by atoms with Gasteiger partial charge in [0.2, 0.25) is 15.9 Å². The van der Waals surface area contributed by atoms with E-state index >= 15 is 0 Å². The van der Waals surface area contributed by atoms with Crippen molar-refractivity contribution in [3.8, 4) is 0 Å². The van der Waals surface area contributed by atoms with E-state index in [1.165, 1.54) is 9.71 Å². The molecule has 1 aliphatic heterocycles. The van der Waals surface area contributed by atoms with Gasteiger partial charge in [0.25, 0.3) is 0 Å². The molecule has 1 N–H and O–H groups in total. The average Bonchev–Trinajstić information content (AvgIpc) is 2.68. The Labute approximate surface area is 153 Å². The van der Waals surface area contributed by atoms with Crippen molar-refractivity contribution in [2.75, 3.05) is 18.4 Å². The van der Waals surface area contributed by atoms with Crippen molar-refractivity contribution in [3.63, 3.8) is 0 Å². The highest BCUT2D eigenvalue weighted by molar-refractivity contribution is 7.92. The quantitative estimate of drug-likeness (QED) is 0.876. The second-order valence-electron chi connectivity index (χ2n) is 6.16. The maximum atomic E-state index is 12.5. The van der Waals surface area contributed by atoms with Crippen LogP contribution >= 0.6 is 0 Å². The Morgan fingerprint density at radius 1 is 1.12 bits per heavy atom. The van der Waals surface area contributed by atoms with Crippen molar-refractivity contribution in [1.82, 2.24) is 9.29 Å². The maximum Gasteiger partial charge on any atom is 0.236 e. The summed E-state index contributed by atoms with van der Waals surface area (Å²) in [7, 11) is -3.48. The smallest absolute Gasteiger partial charge is 0.236 e. The van der Waals surface area contributed by atoms with E-state index in [0.717, 1.165) is 5.56 Å². The Morgan fingerprint density at radius 3 is 2.50 bits per heavy atom. The molecule has 0 spiro atoms. The highest BCUT2D eigenvalue weighted by Gasteiger charge is 2.29. The predicted octanol–water partition coefficient (Wildman–Crippen LogP) is 2.73. The Balaban J connectivity index is 1.55. The van der Waals surface area contributed by atoms with Gasteiger partial charge in [-0.2, -0.15) is 4.31 Å². The first-order valence-electron chi connectivity index (χ1n) is 8.49. The lowest BCUT2D eigenvalue weighted by atomic mass is 9.97. The highest BCUT2D eigenvalue weighted by atomic mass is 32.2. The molecule has 0 unspecified atom stereocenters. The minimum absolute atomic E-state index is 0.0881. The lowest BCUT2D eigenvalue weighted by Gasteiger charge is -2.29. The number of pyridine rings is 1. The van der Waals surface area contributed by atoms with Crippen LogP contribution in [0.4, 0.5) is 5.69 Å². The number of hydrogen-bond donors (Lipinski definition) is 1. The minimum atomic E-state index is -3.48. The summed E-state index contributed by atoms with van der Waals surface area (Å²) in [6.07, 6.45) is 5.83. The van der Waals surface area contributed by atoms with Gasteiger partial charge >= 0.3 is 0 Å². The second-order valence-corrected chi connectivity index (χ2v) is 7.98. The molecule has 0 saturated carbocycles. The van der Waals surface area contributed by atoms with Gasteiger partial charge in [-0.3, -0.25) is 9.78 Å². The average molecular weight is 371 g/mol. The number of aromatic nitrogens is 1. The van der Waals surface area contributed by atoms with Gasteiger partial charge < -0.3 is 5.32 Å². The normalized spacial score (nSPS) is 16.6. The zero-order valence-corrected chi connectivity index (χ0v) is 15.1. The maximum absolute atomic E-state index is 12.5. The molecule has 3 rings (SSSR count). The third-order valence-corrected chi connectivity index (χ3v) is 5.91. The van der Waals surface area contributed by atoms with Gasteiger partial charge in [0.05, 0.1) is 11.9 Å². The number of carbonyl (C=O) groups is 1. The molecular formula is C19H21N3O3S. The van der Waals surface area contributed by atoms with E-state index in [0.29, 0.717) is 31.6 Å². The summed E-state index contributed by atoms with van der Waals surface area (Å²) >= 11 is 0. The van der Waals surface area contributed by atoms with Gasteiger partial charge in [0.1, 0.15) is 0 Å². The van der Waals surface area contributed by atoms with Crippen LogP contribution in [0.25, 0.3) is 6.08 Å². The minimum Gasteiger partial charge on any atom is -0.324 e. The van der Waals surface area contributed by atoms with E-state index < -0.39 is 10.0 Å². The molecule has 0 radical (unpaired) electrons. The lowest BCUT2D eigenvalue weighted by Crippen LogP contribution is -2.40. The van der Waals surface area contributed by atoms with Crippen molar-refractivity contribution in [2.45, 2.75) is 12.8 Å². The van der Waals surface area contributed by atoms with E-state index in [2.05, 4.69) is 10.3 Å². The van der Waals surface area contributed by atoms with Gasteiger partial charge in [0, 0.05) is 30.6 Å². The van der Waals surface area contributed by atoms with E-state index in [9.17, 15) is 13.2 Å². The number of anilines is 1. The fourth-order valence-corrected chi connectivity index (χ4v) is 4.09. The topological polar surface area (TPSA) is 79.4 Å². The number of piperidine rings is 1. The molecule has 1 aliphatic rings. The third kappa shape index (κ3) is 4.77. The molecule has 0 atom stereocenters. The summed E-state index contributed by atoms with van der Waals surface area (Å²) in [5.41, 5.74) is 1.49. The van der Waals surface area contributed by atoms with Crippen molar-refractivity contribution in [2.24, 2.45) is 5.92 Å². The molecule has 2 heterocycles. The zero-order valence-electron chi connectivity index (χ0n) is 14.3. The fraction of sp³-hybridized carbons (Fsp3) is 0.263. The van der Waals surface area contributed by atoms with Crippen LogP contribution in [0.15, 0.2) is 60.3 Å². The molecule has 1 aromatic heterocycles. The molecule has 6 nitrogen and oxygen atoms in total. The Bertz CT molecular complexity index is 859. The summed E-state index contributed by atoms with van der Waals surface area (Å²) < 4.78 is 26.3. The van der Waals surface area contributed by atoms with Crippen LogP contribution in [0.1, 0.15) is 18.4 Å². The molecular weight excluding hydrogens is 350 g/mol. The number of carbonyl (C=O) groups excluding carboxylic acids is 1. The van der Waals surface area contributed by atoms with Crippen LogP contribution in [0.2, 0.25) is 0 Å². The molecule has 1 saturated heterocycles. The molecule has 26 heavy (non-hydrogen) atoms. The summed E-state index contributed by atoms with van der Waals surface area (Å²) in [4.78, 5) is 16.3. The monoisotopic (exact) mass is 371 g/mol. The number of amides is 1. The Kier molecular flexibility index (Phi) is 5.80.